The van der Waals surface area contributed by atoms with Gasteiger partial charge in [0.2, 0.25) is 5.91 Å². The maximum atomic E-state index is 11.9. The molecule has 0 bridgehead atoms. The second kappa shape index (κ2) is 6.47. The molecule has 0 radical (unpaired) electrons. The van der Waals surface area contributed by atoms with Crippen molar-refractivity contribution < 1.29 is 15.0 Å². The second-order valence-electron chi connectivity index (χ2n) is 4.29. The van der Waals surface area contributed by atoms with Crippen molar-refractivity contribution in [1.82, 2.24) is 5.32 Å². The predicted molar refractivity (Wildman–Crippen MR) is 65.4 cm³/mol. The molecule has 94 valence electrons. The van der Waals surface area contributed by atoms with Crippen LogP contribution in [0.5, 0.6) is 0 Å². The Morgan fingerprint density at radius 1 is 1.44 bits per heavy atom. The Labute approximate surface area is 101 Å². The topological polar surface area (TPSA) is 69.6 Å². The van der Waals surface area contributed by atoms with Gasteiger partial charge in [0, 0.05) is 0 Å². The summed E-state index contributed by atoms with van der Waals surface area (Å²) in [6.07, 6.45) is 3.69. The zero-order valence-electron chi connectivity index (χ0n) is 9.74. The van der Waals surface area contributed by atoms with Gasteiger partial charge >= 0.3 is 0 Å². The molecule has 4 nitrogen and oxygen atoms in total. The Kier molecular flexibility index (Phi) is 5.58. The highest BCUT2D eigenvalue weighted by molar-refractivity contribution is 8.00. The van der Waals surface area contributed by atoms with Gasteiger partial charge in [-0.1, -0.05) is 13.3 Å². The van der Waals surface area contributed by atoms with Gasteiger partial charge < -0.3 is 15.5 Å². The summed E-state index contributed by atoms with van der Waals surface area (Å²) >= 11 is 1.67. The van der Waals surface area contributed by atoms with E-state index in [1.54, 1.807) is 11.8 Å². The van der Waals surface area contributed by atoms with Crippen molar-refractivity contribution in [3.63, 3.8) is 0 Å². The summed E-state index contributed by atoms with van der Waals surface area (Å²) in [4.78, 5) is 11.9. The van der Waals surface area contributed by atoms with Gasteiger partial charge in [0.15, 0.2) is 0 Å². The molecule has 5 heteroatoms. The van der Waals surface area contributed by atoms with Crippen LogP contribution in [0.25, 0.3) is 0 Å². The number of rotatable bonds is 5. The van der Waals surface area contributed by atoms with Crippen LogP contribution in [0, 0.1) is 0 Å². The largest absolute Gasteiger partial charge is 0.394 e. The minimum Gasteiger partial charge on any atom is -0.394 e. The first-order valence-corrected chi connectivity index (χ1v) is 6.87. The van der Waals surface area contributed by atoms with E-state index in [1.165, 1.54) is 6.42 Å². The Balaban J connectivity index is 2.53. The van der Waals surface area contributed by atoms with Crippen molar-refractivity contribution in [2.75, 3.05) is 19.0 Å². The Hall–Kier alpha value is -0.260. The van der Waals surface area contributed by atoms with E-state index in [4.69, 9.17) is 0 Å². The lowest BCUT2D eigenvalue weighted by Crippen LogP contribution is -2.56. The molecule has 0 spiro atoms. The molecule has 1 aliphatic heterocycles. The first-order valence-electron chi connectivity index (χ1n) is 5.83. The molecule has 0 saturated carbocycles. The van der Waals surface area contributed by atoms with E-state index < -0.39 is 5.54 Å². The van der Waals surface area contributed by atoms with E-state index in [9.17, 15) is 15.0 Å². The van der Waals surface area contributed by atoms with Gasteiger partial charge in [-0.3, -0.25) is 4.79 Å². The fourth-order valence-corrected chi connectivity index (χ4v) is 2.93. The van der Waals surface area contributed by atoms with Crippen LogP contribution < -0.4 is 5.32 Å². The van der Waals surface area contributed by atoms with Crippen LogP contribution >= 0.6 is 11.8 Å². The second-order valence-corrected chi connectivity index (χ2v) is 5.61. The molecule has 0 aliphatic carbocycles. The number of thioether (sulfide) groups is 1. The molecular formula is C11H21NO3S. The fraction of sp³-hybridized carbons (Fsp3) is 0.909. The smallest absolute Gasteiger partial charge is 0.233 e. The average Bonchev–Trinajstić information content (AvgIpc) is 2.37. The SMILES string of the molecule is CCC(CO)(CO)NC(=O)C1CCCCS1. The summed E-state index contributed by atoms with van der Waals surface area (Å²) in [6.45, 7) is 1.41. The lowest BCUT2D eigenvalue weighted by atomic mass is 9.98. The number of hydrogen-bond donors (Lipinski definition) is 3. The average molecular weight is 247 g/mol. The lowest BCUT2D eigenvalue weighted by Gasteiger charge is -2.32. The Morgan fingerprint density at radius 2 is 2.12 bits per heavy atom. The van der Waals surface area contributed by atoms with Crippen molar-refractivity contribution in [3.8, 4) is 0 Å². The van der Waals surface area contributed by atoms with Gasteiger partial charge in [0.25, 0.3) is 0 Å². The molecule has 1 aliphatic rings. The van der Waals surface area contributed by atoms with Crippen LogP contribution in [0.15, 0.2) is 0 Å². The van der Waals surface area contributed by atoms with Crippen LogP contribution in [0.1, 0.15) is 32.6 Å². The van der Waals surface area contributed by atoms with E-state index in [0.29, 0.717) is 6.42 Å². The van der Waals surface area contributed by atoms with E-state index in [2.05, 4.69) is 5.32 Å². The zero-order chi connectivity index (χ0) is 12.0. The summed E-state index contributed by atoms with van der Waals surface area (Å²) in [7, 11) is 0. The van der Waals surface area contributed by atoms with Crippen LogP contribution in [0.2, 0.25) is 0 Å². The lowest BCUT2D eigenvalue weighted by molar-refractivity contribution is -0.124. The molecular weight excluding hydrogens is 226 g/mol. The van der Waals surface area contributed by atoms with Crippen molar-refractivity contribution in [2.24, 2.45) is 0 Å². The molecule has 0 aromatic rings. The highest BCUT2D eigenvalue weighted by Crippen LogP contribution is 2.25. The number of carbonyl (C=O) groups is 1. The number of carbonyl (C=O) groups excluding carboxylic acids is 1. The van der Waals surface area contributed by atoms with Crippen LogP contribution in [0.4, 0.5) is 0 Å². The standard InChI is InChI=1S/C11H21NO3S/c1-2-11(7-13,8-14)12-10(15)9-5-3-4-6-16-9/h9,13-14H,2-8H2,1H3,(H,12,15). The highest BCUT2D eigenvalue weighted by Gasteiger charge is 2.32. The Morgan fingerprint density at radius 3 is 2.56 bits per heavy atom. The maximum Gasteiger partial charge on any atom is 0.233 e. The molecule has 0 aromatic carbocycles. The van der Waals surface area contributed by atoms with Gasteiger partial charge in [-0.2, -0.15) is 0 Å². The fourth-order valence-electron chi connectivity index (χ4n) is 1.73. The number of hydrogen-bond acceptors (Lipinski definition) is 4. The van der Waals surface area contributed by atoms with Crippen molar-refractivity contribution in [3.05, 3.63) is 0 Å². The van der Waals surface area contributed by atoms with Crippen molar-refractivity contribution >= 4 is 17.7 Å². The summed E-state index contributed by atoms with van der Waals surface area (Å²) < 4.78 is 0. The van der Waals surface area contributed by atoms with Crippen molar-refractivity contribution in [2.45, 2.75) is 43.4 Å². The van der Waals surface area contributed by atoms with Gasteiger partial charge in [0.1, 0.15) is 0 Å². The predicted octanol–water partition coefficient (Wildman–Crippen LogP) is 0.522. The molecule has 16 heavy (non-hydrogen) atoms. The molecule has 1 rings (SSSR count). The van der Waals surface area contributed by atoms with Crippen LogP contribution in [-0.2, 0) is 4.79 Å². The first kappa shape index (κ1) is 13.8. The van der Waals surface area contributed by atoms with E-state index in [0.717, 1.165) is 18.6 Å². The Bertz CT molecular complexity index is 217. The quantitative estimate of drug-likeness (QED) is 0.662. The third-order valence-corrected chi connectivity index (χ3v) is 4.52. The molecule has 1 fully saturated rings. The third-order valence-electron chi connectivity index (χ3n) is 3.14. The molecule has 3 N–H and O–H groups in total. The summed E-state index contributed by atoms with van der Waals surface area (Å²) in [6, 6.07) is 0. The normalized spacial score (nSPS) is 21.8. The first-order chi connectivity index (χ1) is 7.67. The monoisotopic (exact) mass is 247 g/mol. The minimum absolute atomic E-state index is 0.0159. The van der Waals surface area contributed by atoms with Gasteiger partial charge in [0.05, 0.1) is 24.0 Å². The third kappa shape index (κ3) is 3.37. The van der Waals surface area contributed by atoms with E-state index >= 15 is 0 Å². The van der Waals surface area contributed by atoms with Gasteiger partial charge in [-0.15, -0.1) is 11.8 Å². The highest BCUT2D eigenvalue weighted by atomic mass is 32.2. The van der Waals surface area contributed by atoms with Crippen LogP contribution in [-0.4, -0.2) is 45.9 Å². The maximum absolute atomic E-state index is 11.9. The van der Waals surface area contributed by atoms with Crippen LogP contribution in [0.3, 0.4) is 0 Å². The zero-order valence-corrected chi connectivity index (χ0v) is 10.6. The van der Waals surface area contributed by atoms with E-state index in [1.807, 2.05) is 6.92 Å². The number of amides is 1. The summed E-state index contributed by atoms with van der Waals surface area (Å²) in [5.41, 5.74) is -0.852. The molecule has 1 unspecified atom stereocenters. The molecule has 1 atom stereocenters. The van der Waals surface area contributed by atoms with Crippen molar-refractivity contribution in [1.29, 1.82) is 0 Å². The summed E-state index contributed by atoms with van der Waals surface area (Å²) in [5, 5.41) is 21.3. The molecule has 1 saturated heterocycles. The summed E-state index contributed by atoms with van der Waals surface area (Å²) in [5.74, 6) is 0.977. The molecule has 1 amide bonds. The minimum atomic E-state index is -0.852. The number of aliphatic hydroxyl groups excluding tert-OH is 2. The van der Waals surface area contributed by atoms with Gasteiger partial charge in [-0.05, 0) is 25.0 Å². The van der Waals surface area contributed by atoms with E-state index in [-0.39, 0.29) is 24.4 Å². The molecule has 1 heterocycles. The number of nitrogens with one attached hydrogen (secondary N) is 1. The molecule has 0 aromatic heterocycles. The number of aliphatic hydroxyl groups is 2. The van der Waals surface area contributed by atoms with Gasteiger partial charge in [-0.25, -0.2) is 0 Å².